The van der Waals surface area contributed by atoms with Crippen LogP contribution >= 0.6 is 0 Å². The summed E-state index contributed by atoms with van der Waals surface area (Å²) < 4.78 is 10.9. The van der Waals surface area contributed by atoms with E-state index < -0.39 is 0 Å². The van der Waals surface area contributed by atoms with Gasteiger partial charge in [-0.15, -0.1) is 0 Å². The molecule has 0 amide bonds. The van der Waals surface area contributed by atoms with Crippen LogP contribution in [0.2, 0.25) is 0 Å². The van der Waals surface area contributed by atoms with Crippen LogP contribution in [0.5, 0.6) is 5.75 Å². The lowest BCUT2D eigenvalue weighted by Gasteiger charge is -2.05. The number of esters is 1. The van der Waals surface area contributed by atoms with E-state index in [9.17, 15) is 4.79 Å². The SMILES string of the molecule is CCOc1ccc(C=C2C=C(c3ccc(-c4ccccc4)cc3)OC2=O)cc1. The topological polar surface area (TPSA) is 35.5 Å². The van der Waals surface area contributed by atoms with Gasteiger partial charge in [-0.2, -0.15) is 0 Å². The van der Waals surface area contributed by atoms with E-state index in [1.165, 1.54) is 0 Å². The van der Waals surface area contributed by atoms with E-state index in [-0.39, 0.29) is 5.97 Å². The highest BCUT2D eigenvalue weighted by atomic mass is 16.5. The largest absolute Gasteiger partial charge is 0.494 e. The molecule has 0 saturated carbocycles. The number of rotatable bonds is 5. The zero-order valence-corrected chi connectivity index (χ0v) is 15.6. The first kappa shape index (κ1) is 17.8. The number of hydrogen-bond donors (Lipinski definition) is 0. The molecule has 0 unspecified atom stereocenters. The van der Waals surface area contributed by atoms with Crippen molar-refractivity contribution in [3.05, 3.63) is 102 Å². The molecule has 3 heteroatoms. The first-order valence-corrected chi connectivity index (χ1v) is 9.27. The molecule has 0 aliphatic carbocycles. The molecule has 0 fully saturated rings. The third-order valence-electron chi connectivity index (χ3n) is 4.51. The van der Waals surface area contributed by atoms with Crippen LogP contribution in [0, 0.1) is 0 Å². The smallest absolute Gasteiger partial charge is 0.343 e. The minimum Gasteiger partial charge on any atom is -0.494 e. The molecule has 0 bridgehead atoms. The minimum absolute atomic E-state index is 0.337. The van der Waals surface area contributed by atoms with Crippen molar-refractivity contribution in [1.29, 1.82) is 0 Å². The number of ether oxygens (including phenoxy) is 2. The highest BCUT2D eigenvalue weighted by Crippen LogP contribution is 2.29. The monoisotopic (exact) mass is 368 g/mol. The second-order valence-electron chi connectivity index (χ2n) is 6.44. The van der Waals surface area contributed by atoms with E-state index in [4.69, 9.17) is 9.47 Å². The fourth-order valence-electron chi connectivity index (χ4n) is 3.10. The maximum Gasteiger partial charge on any atom is 0.343 e. The number of benzene rings is 3. The Morgan fingerprint density at radius 2 is 1.46 bits per heavy atom. The summed E-state index contributed by atoms with van der Waals surface area (Å²) in [5.41, 5.74) is 4.61. The molecule has 0 N–H and O–H groups in total. The molecule has 1 aliphatic rings. The molecule has 28 heavy (non-hydrogen) atoms. The van der Waals surface area contributed by atoms with Crippen LogP contribution in [0.3, 0.4) is 0 Å². The fraction of sp³-hybridized carbons (Fsp3) is 0.0800. The van der Waals surface area contributed by atoms with Gasteiger partial charge in [-0.3, -0.25) is 0 Å². The summed E-state index contributed by atoms with van der Waals surface area (Å²) in [4.78, 5) is 12.3. The van der Waals surface area contributed by atoms with Gasteiger partial charge in [-0.25, -0.2) is 4.79 Å². The second kappa shape index (κ2) is 7.97. The van der Waals surface area contributed by atoms with Gasteiger partial charge >= 0.3 is 5.97 Å². The Balaban J connectivity index is 1.55. The Bertz CT molecular complexity index is 1030. The Kier molecular flexibility index (Phi) is 5.07. The van der Waals surface area contributed by atoms with Gasteiger partial charge in [0.25, 0.3) is 0 Å². The summed E-state index contributed by atoms with van der Waals surface area (Å²) in [7, 11) is 0. The van der Waals surface area contributed by atoms with Crippen molar-refractivity contribution in [2.45, 2.75) is 6.92 Å². The molecule has 4 rings (SSSR count). The maximum absolute atomic E-state index is 12.3. The lowest BCUT2D eigenvalue weighted by molar-refractivity contribution is -0.130. The van der Waals surface area contributed by atoms with Crippen LogP contribution in [-0.2, 0) is 9.53 Å². The Labute approximate surface area is 164 Å². The lowest BCUT2D eigenvalue weighted by atomic mass is 10.0. The van der Waals surface area contributed by atoms with Gasteiger partial charge < -0.3 is 9.47 Å². The highest BCUT2D eigenvalue weighted by Gasteiger charge is 2.22. The van der Waals surface area contributed by atoms with Crippen LogP contribution in [0.1, 0.15) is 18.1 Å². The van der Waals surface area contributed by atoms with Gasteiger partial charge in [0, 0.05) is 5.56 Å². The summed E-state index contributed by atoms with van der Waals surface area (Å²) in [6.07, 6.45) is 3.61. The zero-order valence-electron chi connectivity index (χ0n) is 15.6. The van der Waals surface area contributed by atoms with E-state index >= 15 is 0 Å². The zero-order chi connectivity index (χ0) is 19.3. The van der Waals surface area contributed by atoms with Crippen molar-refractivity contribution >= 4 is 17.8 Å². The van der Waals surface area contributed by atoms with Crippen LogP contribution in [-0.4, -0.2) is 12.6 Å². The molecular weight excluding hydrogens is 348 g/mol. The van der Waals surface area contributed by atoms with E-state index in [0.717, 1.165) is 28.0 Å². The minimum atomic E-state index is -0.337. The van der Waals surface area contributed by atoms with Gasteiger partial charge in [-0.05, 0) is 47.9 Å². The van der Waals surface area contributed by atoms with E-state index in [0.29, 0.717) is 17.9 Å². The molecule has 3 nitrogen and oxygen atoms in total. The number of carbonyl (C=O) groups is 1. The maximum atomic E-state index is 12.3. The van der Waals surface area contributed by atoms with Crippen LogP contribution in [0.4, 0.5) is 0 Å². The summed E-state index contributed by atoms with van der Waals surface area (Å²) >= 11 is 0. The second-order valence-corrected chi connectivity index (χ2v) is 6.44. The molecule has 0 aromatic heterocycles. The van der Waals surface area contributed by atoms with Crippen LogP contribution in [0.15, 0.2) is 90.5 Å². The quantitative estimate of drug-likeness (QED) is 0.426. The molecule has 0 saturated heterocycles. The average molecular weight is 368 g/mol. The molecule has 1 aliphatic heterocycles. The van der Waals surface area contributed by atoms with Crippen molar-refractivity contribution < 1.29 is 14.3 Å². The third-order valence-corrected chi connectivity index (χ3v) is 4.51. The predicted molar refractivity (Wildman–Crippen MR) is 112 cm³/mol. The molecule has 1 heterocycles. The van der Waals surface area contributed by atoms with Crippen LogP contribution < -0.4 is 4.74 Å². The van der Waals surface area contributed by atoms with E-state index in [1.807, 2.05) is 79.7 Å². The Morgan fingerprint density at radius 1 is 0.821 bits per heavy atom. The van der Waals surface area contributed by atoms with Crippen molar-refractivity contribution in [3.8, 4) is 16.9 Å². The normalized spacial score (nSPS) is 14.7. The third kappa shape index (κ3) is 3.89. The molecule has 0 spiro atoms. The molecule has 138 valence electrons. The lowest BCUT2D eigenvalue weighted by Crippen LogP contribution is -1.97. The standard InChI is InChI=1S/C25H20O3/c1-2-27-23-14-8-18(9-15-23)16-22-17-24(28-25(22)26)21-12-10-20(11-13-21)19-6-4-3-5-7-19/h3-17H,2H2,1H3. The van der Waals surface area contributed by atoms with Gasteiger partial charge in [0.15, 0.2) is 0 Å². The Hall–Kier alpha value is -3.59. The van der Waals surface area contributed by atoms with Gasteiger partial charge in [-0.1, -0.05) is 66.7 Å². The van der Waals surface area contributed by atoms with Gasteiger partial charge in [0.05, 0.1) is 12.2 Å². The molecular formula is C25H20O3. The molecule has 3 aromatic rings. The van der Waals surface area contributed by atoms with E-state index in [2.05, 4.69) is 12.1 Å². The fourth-order valence-corrected chi connectivity index (χ4v) is 3.10. The number of hydrogen-bond acceptors (Lipinski definition) is 3. The van der Waals surface area contributed by atoms with Crippen molar-refractivity contribution in [3.63, 3.8) is 0 Å². The molecule has 0 atom stereocenters. The number of carbonyl (C=O) groups excluding carboxylic acids is 1. The summed E-state index contributed by atoms with van der Waals surface area (Å²) in [6.45, 7) is 2.57. The summed E-state index contributed by atoms with van der Waals surface area (Å²) in [5, 5.41) is 0. The first-order chi connectivity index (χ1) is 13.7. The Morgan fingerprint density at radius 3 is 2.14 bits per heavy atom. The van der Waals surface area contributed by atoms with Crippen molar-refractivity contribution in [2.75, 3.05) is 6.61 Å². The van der Waals surface area contributed by atoms with Crippen LogP contribution in [0.25, 0.3) is 23.0 Å². The molecule has 3 aromatic carbocycles. The first-order valence-electron chi connectivity index (χ1n) is 9.27. The number of cyclic esters (lactones) is 1. The predicted octanol–water partition coefficient (Wildman–Crippen LogP) is 5.73. The summed E-state index contributed by atoms with van der Waals surface area (Å²) in [6, 6.07) is 25.8. The van der Waals surface area contributed by atoms with Crippen molar-refractivity contribution in [1.82, 2.24) is 0 Å². The van der Waals surface area contributed by atoms with E-state index in [1.54, 1.807) is 6.08 Å². The average Bonchev–Trinajstić information content (AvgIpc) is 3.11. The highest BCUT2D eigenvalue weighted by molar-refractivity contribution is 6.05. The van der Waals surface area contributed by atoms with Gasteiger partial charge in [0.2, 0.25) is 0 Å². The van der Waals surface area contributed by atoms with Crippen molar-refractivity contribution in [2.24, 2.45) is 0 Å². The van der Waals surface area contributed by atoms with Gasteiger partial charge in [0.1, 0.15) is 11.5 Å². The molecule has 0 radical (unpaired) electrons. The summed E-state index contributed by atoms with van der Waals surface area (Å²) in [5.74, 6) is 1.05.